The molecule has 5 nitrogen and oxygen atoms in total. The fourth-order valence-corrected chi connectivity index (χ4v) is 4.34. The van der Waals surface area contributed by atoms with E-state index in [1.54, 1.807) is 0 Å². The number of benzene rings is 2. The number of aliphatic hydroxyl groups excluding tert-OH is 1. The van der Waals surface area contributed by atoms with Crippen LogP contribution in [-0.4, -0.2) is 44.8 Å². The summed E-state index contributed by atoms with van der Waals surface area (Å²) in [5.41, 5.74) is 6.09. The lowest BCUT2D eigenvalue weighted by molar-refractivity contribution is -0.530. The van der Waals surface area contributed by atoms with Crippen molar-refractivity contribution in [2.75, 3.05) is 25.6 Å². The van der Waals surface area contributed by atoms with Crippen molar-refractivity contribution in [3.8, 4) is 11.5 Å². The summed E-state index contributed by atoms with van der Waals surface area (Å²) < 4.78 is 0. The summed E-state index contributed by atoms with van der Waals surface area (Å²) in [5, 5.41) is 22.5. The molecule has 0 aliphatic heterocycles. The quantitative estimate of drug-likeness (QED) is 0.279. The SMILES string of the molecule is C[C@@H](CO)[C@@H](c1ccccc1)[C@H](C(C#C[Si](C)(C)C)c1ccc(N(C)C)cc1)[N+](=O)[O-]. The van der Waals surface area contributed by atoms with E-state index in [-0.39, 0.29) is 17.4 Å². The zero-order chi connectivity index (χ0) is 23.2. The van der Waals surface area contributed by atoms with Crippen molar-refractivity contribution in [3.05, 3.63) is 75.8 Å². The zero-order valence-corrected chi connectivity index (χ0v) is 20.4. The first kappa shape index (κ1) is 24.6. The Morgan fingerprint density at radius 1 is 1.03 bits per heavy atom. The van der Waals surface area contributed by atoms with E-state index in [0.29, 0.717) is 0 Å². The fraction of sp³-hybridized carbons (Fsp3) is 0.440. The van der Waals surface area contributed by atoms with E-state index in [1.165, 1.54) is 0 Å². The Morgan fingerprint density at radius 2 is 1.61 bits per heavy atom. The van der Waals surface area contributed by atoms with E-state index in [4.69, 9.17) is 0 Å². The molecule has 1 N–H and O–H groups in total. The normalized spacial score (nSPS) is 15.2. The minimum Gasteiger partial charge on any atom is -0.396 e. The van der Waals surface area contributed by atoms with Gasteiger partial charge >= 0.3 is 0 Å². The number of nitro groups is 1. The van der Waals surface area contributed by atoms with Gasteiger partial charge in [0.15, 0.2) is 0 Å². The Morgan fingerprint density at radius 3 is 2.06 bits per heavy atom. The molecule has 4 atom stereocenters. The van der Waals surface area contributed by atoms with Crippen LogP contribution in [0.25, 0.3) is 0 Å². The third kappa shape index (κ3) is 6.68. The van der Waals surface area contributed by atoms with Gasteiger partial charge in [-0.1, -0.05) is 74.9 Å². The van der Waals surface area contributed by atoms with E-state index in [9.17, 15) is 15.2 Å². The molecule has 31 heavy (non-hydrogen) atoms. The monoisotopic (exact) mass is 438 g/mol. The molecule has 0 saturated heterocycles. The third-order valence-corrected chi connectivity index (χ3v) is 6.30. The largest absolute Gasteiger partial charge is 0.396 e. The first-order valence-electron chi connectivity index (χ1n) is 10.6. The van der Waals surface area contributed by atoms with Crippen molar-refractivity contribution in [3.63, 3.8) is 0 Å². The number of hydrogen-bond donors (Lipinski definition) is 1. The maximum absolute atomic E-state index is 12.5. The van der Waals surface area contributed by atoms with E-state index in [0.717, 1.165) is 16.8 Å². The number of anilines is 1. The van der Waals surface area contributed by atoms with Gasteiger partial charge in [-0.05, 0) is 29.2 Å². The Labute approximate surface area is 187 Å². The van der Waals surface area contributed by atoms with Crippen LogP contribution in [-0.2, 0) is 0 Å². The maximum Gasteiger partial charge on any atom is 0.237 e. The molecule has 0 radical (unpaired) electrons. The Bertz CT molecular complexity index is 912. The van der Waals surface area contributed by atoms with Crippen LogP contribution in [0.5, 0.6) is 0 Å². The fourth-order valence-electron chi connectivity index (χ4n) is 3.75. The highest BCUT2D eigenvalue weighted by atomic mass is 28.3. The minimum atomic E-state index is -1.75. The van der Waals surface area contributed by atoms with Gasteiger partial charge in [-0.25, -0.2) is 0 Å². The van der Waals surface area contributed by atoms with Gasteiger partial charge in [0.25, 0.3) is 0 Å². The Balaban J connectivity index is 2.67. The first-order valence-corrected chi connectivity index (χ1v) is 14.1. The van der Waals surface area contributed by atoms with Crippen molar-refractivity contribution < 1.29 is 10.0 Å². The molecular weight excluding hydrogens is 404 g/mol. The van der Waals surface area contributed by atoms with Crippen LogP contribution in [0, 0.1) is 27.5 Å². The second kappa shape index (κ2) is 10.6. The van der Waals surface area contributed by atoms with Gasteiger partial charge in [0, 0.05) is 31.3 Å². The number of nitrogens with zero attached hydrogens (tertiary/aromatic N) is 2. The summed E-state index contributed by atoms with van der Waals surface area (Å²) in [5.74, 6) is 1.99. The summed E-state index contributed by atoms with van der Waals surface area (Å²) in [6.07, 6.45) is 0. The van der Waals surface area contributed by atoms with Crippen LogP contribution in [0.4, 0.5) is 5.69 Å². The first-order chi connectivity index (χ1) is 14.5. The van der Waals surface area contributed by atoms with Crippen LogP contribution >= 0.6 is 0 Å². The second-order valence-electron chi connectivity index (χ2n) is 9.36. The summed E-state index contributed by atoms with van der Waals surface area (Å²) in [6, 6.07) is 16.4. The molecule has 0 aromatic heterocycles. The molecule has 0 bridgehead atoms. The summed E-state index contributed by atoms with van der Waals surface area (Å²) in [6.45, 7) is 8.15. The molecule has 0 heterocycles. The van der Waals surface area contributed by atoms with Crippen LogP contribution in [0.2, 0.25) is 19.6 Å². The lowest BCUT2D eigenvalue weighted by atomic mass is 9.75. The summed E-state index contributed by atoms with van der Waals surface area (Å²) in [4.78, 5) is 14.3. The molecule has 2 aromatic rings. The molecule has 0 aliphatic carbocycles. The number of aliphatic hydroxyl groups is 1. The molecule has 0 aliphatic rings. The lowest BCUT2D eigenvalue weighted by Gasteiger charge is -2.29. The van der Waals surface area contributed by atoms with E-state index >= 15 is 0 Å². The van der Waals surface area contributed by atoms with Crippen LogP contribution in [0.3, 0.4) is 0 Å². The van der Waals surface area contributed by atoms with Gasteiger partial charge in [0.05, 0.1) is 5.92 Å². The van der Waals surface area contributed by atoms with Gasteiger partial charge in [-0.3, -0.25) is 10.1 Å². The molecule has 0 saturated carbocycles. The molecule has 2 rings (SSSR count). The molecule has 0 spiro atoms. The average Bonchev–Trinajstić information content (AvgIpc) is 2.72. The predicted molar refractivity (Wildman–Crippen MR) is 131 cm³/mol. The highest BCUT2D eigenvalue weighted by molar-refractivity contribution is 6.83. The Kier molecular flexibility index (Phi) is 8.43. The third-order valence-electron chi connectivity index (χ3n) is 5.41. The second-order valence-corrected chi connectivity index (χ2v) is 14.1. The van der Waals surface area contributed by atoms with Crippen molar-refractivity contribution in [1.29, 1.82) is 0 Å². The van der Waals surface area contributed by atoms with Crippen LogP contribution in [0.15, 0.2) is 54.6 Å². The van der Waals surface area contributed by atoms with Crippen molar-refractivity contribution in [2.24, 2.45) is 5.92 Å². The summed E-state index contributed by atoms with van der Waals surface area (Å²) >= 11 is 0. The van der Waals surface area contributed by atoms with Gasteiger partial charge < -0.3 is 10.0 Å². The number of hydrogen-bond acceptors (Lipinski definition) is 4. The van der Waals surface area contributed by atoms with Gasteiger partial charge in [-0.15, -0.1) is 5.54 Å². The van der Waals surface area contributed by atoms with E-state index in [2.05, 4.69) is 31.1 Å². The van der Waals surface area contributed by atoms with Crippen molar-refractivity contribution in [1.82, 2.24) is 0 Å². The van der Waals surface area contributed by atoms with Gasteiger partial charge in [-0.2, -0.15) is 0 Å². The van der Waals surface area contributed by atoms with Crippen LogP contribution < -0.4 is 4.90 Å². The molecule has 1 unspecified atom stereocenters. The lowest BCUT2D eigenvalue weighted by Crippen LogP contribution is -2.38. The van der Waals surface area contributed by atoms with Gasteiger partial charge in [0.2, 0.25) is 6.04 Å². The van der Waals surface area contributed by atoms with E-state index < -0.39 is 26.0 Å². The maximum atomic E-state index is 12.5. The van der Waals surface area contributed by atoms with Crippen LogP contribution in [0.1, 0.15) is 29.9 Å². The standard InChI is InChI=1S/C25H34N2O3Si/c1-19(18-28)24(21-10-8-7-9-11-21)25(27(29)30)23(16-17-31(4,5)6)20-12-14-22(15-13-20)26(2)3/h7-15,19,23-25,28H,18H2,1-6H3/t19-,23?,24-,25-/m0/s1. The number of rotatable bonds is 8. The Hall–Kier alpha value is -2.62. The molecule has 0 fully saturated rings. The molecule has 0 amide bonds. The minimum absolute atomic E-state index is 0.127. The molecular formula is C25H34N2O3Si. The van der Waals surface area contributed by atoms with Gasteiger partial charge in [0.1, 0.15) is 14.0 Å². The molecule has 2 aromatic carbocycles. The van der Waals surface area contributed by atoms with E-state index in [1.807, 2.05) is 80.5 Å². The highest BCUT2D eigenvalue weighted by Crippen LogP contribution is 2.37. The smallest absolute Gasteiger partial charge is 0.237 e. The topological polar surface area (TPSA) is 66.6 Å². The van der Waals surface area contributed by atoms with Crippen molar-refractivity contribution in [2.45, 2.75) is 44.4 Å². The average molecular weight is 439 g/mol. The van der Waals surface area contributed by atoms with Crippen molar-refractivity contribution >= 4 is 13.8 Å². The predicted octanol–water partition coefficient (Wildman–Crippen LogP) is 4.77. The molecule has 166 valence electrons. The zero-order valence-electron chi connectivity index (χ0n) is 19.4. The molecule has 6 heteroatoms. The summed E-state index contributed by atoms with van der Waals surface area (Å²) in [7, 11) is 2.17. The highest BCUT2D eigenvalue weighted by Gasteiger charge is 2.43.